The number of anilines is 1. The molecule has 0 radical (unpaired) electrons. The van der Waals surface area contributed by atoms with Crippen LogP contribution in [-0.2, 0) is 0 Å². The first-order valence-electron chi connectivity index (χ1n) is 10.4. The van der Waals surface area contributed by atoms with E-state index in [1.807, 2.05) is 14.1 Å². The Morgan fingerprint density at radius 1 is 1.13 bits per heavy atom. The molecule has 3 N–H and O–H groups in total. The van der Waals surface area contributed by atoms with Crippen molar-refractivity contribution in [1.29, 1.82) is 0 Å². The van der Waals surface area contributed by atoms with Gasteiger partial charge in [0.15, 0.2) is 0 Å². The fourth-order valence-electron chi connectivity index (χ4n) is 4.00. The van der Waals surface area contributed by atoms with Crippen LogP contribution in [0.15, 0.2) is 42.5 Å². The van der Waals surface area contributed by atoms with Crippen molar-refractivity contribution >= 4 is 23.2 Å². The van der Waals surface area contributed by atoms with Crippen molar-refractivity contribution in [3.8, 4) is 5.75 Å². The van der Waals surface area contributed by atoms with Crippen molar-refractivity contribution in [1.82, 2.24) is 5.32 Å². The number of likely N-dealkylation sites (N-methyl/N-ethyl adjacent to an activating group) is 1. The molecule has 0 unspecified atom stereocenters. The number of ether oxygens (including phenoxy) is 1. The summed E-state index contributed by atoms with van der Waals surface area (Å²) >= 11 is 6.11. The Morgan fingerprint density at radius 2 is 1.80 bits per heavy atom. The van der Waals surface area contributed by atoms with Crippen LogP contribution in [0.4, 0.5) is 5.69 Å². The molecule has 30 heavy (non-hydrogen) atoms. The second-order valence-corrected chi connectivity index (χ2v) is 8.64. The molecule has 6 nitrogen and oxygen atoms in total. The molecule has 1 amide bonds. The van der Waals surface area contributed by atoms with Crippen LogP contribution in [0.3, 0.4) is 0 Å². The van der Waals surface area contributed by atoms with E-state index in [4.69, 9.17) is 16.3 Å². The van der Waals surface area contributed by atoms with E-state index >= 15 is 0 Å². The average Bonchev–Trinajstić information content (AvgIpc) is 2.75. The number of hydrogen-bond acceptors (Lipinski definition) is 3. The minimum absolute atomic E-state index is 0.164. The van der Waals surface area contributed by atoms with Crippen LogP contribution >= 0.6 is 11.6 Å². The van der Waals surface area contributed by atoms with Gasteiger partial charge in [-0.05, 0) is 30.3 Å². The predicted molar refractivity (Wildman–Crippen MR) is 121 cm³/mol. The van der Waals surface area contributed by atoms with Crippen molar-refractivity contribution in [2.75, 3.05) is 65.9 Å². The van der Waals surface area contributed by atoms with E-state index in [1.165, 1.54) is 16.2 Å². The van der Waals surface area contributed by atoms with Gasteiger partial charge in [0.25, 0.3) is 5.91 Å². The smallest absolute Gasteiger partial charge is 0.255 e. The molecule has 0 aromatic heterocycles. The van der Waals surface area contributed by atoms with Gasteiger partial charge in [0.2, 0.25) is 0 Å². The molecule has 0 saturated carbocycles. The van der Waals surface area contributed by atoms with E-state index in [-0.39, 0.29) is 11.9 Å². The Labute approximate surface area is 184 Å². The van der Waals surface area contributed by atoms with E-state index in [2.05, 4.69) is 41.5 Å². The van der Waals surface area contributed by atoms with E-state index in [0.29, 0.717) is 22.9 Å². The lowest BCUT2D eigenvalue weighted by Crippen LogP contribution is -3.27. The zero-order chi connectivity index (χ0) is 21.7. The third-order valence-electron chi connectivity index (χ3n) is 5.92. The van der Waals surface area contributed by atoms with Gasteiger partial charge in [0.05, 0.1) is 26.3 Å². The summed E-state index contributed by atoms with van der Waals surface area (Å²) in [4.78, 5) is 18.1. The number of nitrogens with zero attached hydrogens (tertiary/aromatic N) is 1. The zero-order valence-corrected chi connectivity index (χ0v) is 19.1. The number of quaternary nitrogens is 2. The molecule has 3 rings (SSSR count). The van der Waals surface area contributed by atoms with Crippen LogP contribution in [0.5, 0.6) is 5.75 Å². The van der Waals surface area contributed by atoms with Gasteiger partial charge >= 0.3 is 0 Å². The van der Waals surface area contributed by atoms with Crippen molar-refractivity contribution in [3.63, 3.8) is 0 Å². The standard InChI is InChI=1S/C23H31ClN4O2/c1-26(2)19-8-5-17(6-9-19)21(28-13-11-27(3)12-14-28)16-25-23(29)20-15-18(24)7-10-22(20)30-4/h5-10,15,21H,11-14,16H2,1-4H3,(H,25,29)/p+2/t21-/m0/s1. The lowest BCUT2D eigenvalue weighted by Gasteiger charge is -2.33. The summed E-state index contributed by atoms with van der Waals surface area (Å²) in [5.74, 6) is 0.364. The normalized spacial score (nSPS) is 19.8. The maximum Gasteiger partial charge on any atom is 0.255 e. The van der Waals surface area contributed by atoms with Gasteiger partial charge in [-0.15, -0.1) is 0 Å². The van der Waals surface area contributed by atoms with E-state index < -0.39 is 0 Å². The summed E-state index contributed by atoms with van der Waals surface area (Å²) in [6, 6.07) is 14.0. The molecular weight excluding hydrogens is 400 g/mol. The van der Waals surface area contributed by atoms with Crippen LogP contribution in [0, 0.1) is 0 Å². The number of carbonyl (C=O) groups excluding carboxylic acids is 1. The number of piperazine rings is 1. The molecule has 1 atom stereocenters. The highest BCUT2D eigenvalue weighted by Gasteiger charge is 2.30. The van der Waals surface area contributed by atoms with Crippen molar-refractivity contribution < 1.29 is 19.3 Å². The fourth-order valence-corrected chi connectivity index (χ4v) is 4.17. The highest BCUT2D eigenvalue weighted by molar-refractivity contribution is 6.31. The molecule has 0 bridgehead atoms. The molecule has 2 aromatic carbocycles. The summed E-state index contributed by atoms with van der Waals surface area (Å²) in [6.45, 7) is 5.00. The Bertz CT molecular complexity index is 849. The topological polar surface area (TPSA) is 50.4 Å². The molecular formula is C23H33ClN4O2+2. The Kier molecular flexibility index (Phi) is 7.58. The second-order valence-electron chi connectivity index (χ2n) is 8.21. The SMILES string of the molecule is COc1ccc(Cl)cc1C(=O)NC[C@@H](c1ccc(N(C)C)cc1)[NH+]1CC[NH+](C)CC1. The third-order valence-corrected chi connectivity index (χ3v) is 6.16. The third kappa shape index (κ3) is 5.45. The van der Waals surface area contributed by atoms with E-state index in [9.17, 15) is 4.79 Å². The van der Waals surface area contributed by atoms with E-state index in [0.717, 1.165) is 26.2 Å². The average molecular weight is 433 g/mol. The second kappa shape index (κ2) is 10.2. The van der Waals surface area contributed by atoms with Crippen LogP contribution in [0.1, 0.15) is 22.0 Å². The number of methoxy groups -OCH3 is 1. The molecule has 1 aliphatic heterocycles. The number of benzene rings is 2. The van der Waals surface area contributed by atoms with Gasteiger partial charge in [0.1, 0.15) is 38.0 Å². The Balaban J connectivity index is 1.78. The molecule has 0 spiro atoms. The van der Waals surface area contributed by atoms with Crippen LogP contribution in [0.2, 0.25) is 5.02 Å². The van der Waals surface area contributed by atoms with Crippen molar-refractivity contribution in [3.05, 3.63) is 58.6 Å². The molecule has 1 saturated heterocycles. The van der Waals surface area contributed by atoms with Gasteiger partial charge in [-0.3, -0.25) is 4.79 Å². The van der Waals surface area contributed by atoms with Crippen molar-refractivity contribution in [2.45, 2.75) is 6.04 Å². The number of amides is 1. The minimum Gasteiger partial charge on any atom is -0.496 e. The summed E-state index contributed by atoms with van der Waals surface area (Å²) in [7, 11) is 7.88. The predicted octanol–water partition coefficient (Wildman–Crippen LogP) is 0.299. The Hall–Kier alpha value is -2.28. The number of halogens is 1. The van der Waals surface area contributed by atoms with Gasteiger partial charge in [-0.1, -0.05) is 23.7 Å². The minimum atomic E-state index is -0.164. The Morgan fingerprint density at radius 3 is 2.40 bits per heavy atom. The zero-order valence-electron chi connectivity index (χ0n) is 18.3. The lowest BCUT2D eigenvalue weighted by atomic mass is 10.0. The monoisotopic (exact) mass is 432 g/mol. The number of rotatable bonds is 7. The highest BCUT2D eigenvalue weighted by Crippen LogP contribution is 2.23. The largest absolute Gasteiger partial charge is 0.496 e. The number of hydrogen-bond donors (Lipinski definition) is 3. The van der Waals surface area contributed by atoms with Crippen LogP contribution in [0.25, 0.3) is 0 Å². The summed E-state index contributed by atoms with van der Waals surface area (Å²) in [6.07, 6.45) is 0. The highest BCUT2D eigenvalue weighted by atomic mass is 35.5. The van der Waals surface area contributed by atoms with Gasteiger partial charge < -0.3 is 24.8 Å². The van der Waals surface area contributed by atoms with Crippen LogP contribution in [-0.4, -0.2) is 66.9 Å². The maximum absolute atomic E-state index is 12.9. The van der Waals surface area contributed by atoms with E-state index in [1.54, 1.807) is 30.2 Å². The summed E-state index contributed by atoms with van der Waals surface area (Å²) in [5, 5.41) is 3.65. The first kappa shape index (κ1) is 22.4. The molecule has 7 heteroatoms. The molecule has 2 aromatic rings. The van der Waals surface area contributed by atoms with Gasteiger partial charge in [-0.2, -0.15) is 0 Å². The summed E-state index contributed by atoms with van der Waals surface area (Å²) in [5.41, 5.74) is 2.88. The van der Waals surface area contributed by atoms with Crippen molar-refractivity contribution in [2.24, 2.45) is 0 Å². The number of nitrogens with one attached hydrogen (secondary N) is 3. The van der Waals surface area contributed by atoms with Gasteiger partial charge in [0, 0.05) is 30.4 Å². The first-order valence-corrected chi connectivity index (χ1v) is 10.8. The summed E-state index contributed by atoms with van der Waals surface area (Å²) < 4.78 is 5.34. The number of carbonyl (C=O) groups is 1. The quantitative estimate of drug-likeness (QED) is 0.590. The fraction of sp³-hybridized carbons (Fsp3) is 0.435. The molecule has 1 aliphatic rings. The lowest BCUT2D eigenvalue weighted by molar-refractivity contribution is -1.02. The molecule has 162 valence electrons. The van der Waals surface area contributed by atoms with Gasteiger partial charge in [-0.25, -0.2) is 0 Å². The first-order chi connectivity index (χ1) is 14.4. The maximum atomic E-state index is 12.9. The molecule has 1 fully saturated rings. The van der Waals surface area contributed by atoms with Crippen LogP contribution < -0.4 is 24.8 Å². The molecule has 0 aliphatic carbocycles. The molecule has 1 heterocycles.